The van der Waals surface area contributed by atoms with Crippen molar-refractivity contribution in [2.24, 2.45) is 22.7 Å². The zero-order valence-electron chi connectivity index (χ0n) is 29.6. The van der Waals surface area contributed by atoms with E-state index in [1.807, 2.05) is 25.1 Å². The molecule has 254 valence electrons. The van der Waals surface area contributed by atoms with Crippen molar-refractivity contribution in [1.29, 1.82) is 0 Å². The molecule has 1 saturated heterocycles. The molecule has 1 aliphatic heterocycles. The minimum atomic E-state index is -3.59. The molecule has 1 heterocycles. The summed E-state index contributed by atoms with van der Waals surface area (Å²) in [5, 5.41) is -0.409. The van der Waals surface area contributed by atoms with Crippen molar-refractivity contribution in [3.63, 3.8) is 0 Å². The van der Waals surface area contributed by atoms with Crippen molar-refractivity contribution in [3.05, 3.63) is 54.1 Å². The molecule has 45 heavy (non-hydrogen) atoms. The topological polar surface area (TPSA) is 61.8 Å². The van der Waals surface area contributed by atoms with E-state index in [0.29, 0.717) is 36.9 Å². The van der Waals surface area contributed by atoms with Gasteiger partial charge < -0.3 is 13.9 Å². The van der Waals surface area contributed by atoms with Crippen LogP contribution in [0.25, 0.3) is 0 Å². The first-order valence-corrected chi connectivity index (χ1v) is 22.0. The number of ether oxygens (including phenoxy) is 2. The zero-order chi connectivity index (χ0) is 33.1. The Kier molecular flexibility index (Phi) is 11.8. The van der Waals surface area contributed by atoms with E-state index in [2.05, 4.69) is 60.4 Å². The van der Waals surface area contributed by atoms with Gasteiger partial charge in [-0.25, -0.2) is 8.42 Å². The van der Waals surface area contributed by atoms with Gasteiger partial charge in [-0.05, 0) is 107 Å². The molecule has 5 nitrogen and oxygen atoms in total. The Morgan fingerprint density at radius 1 is 1.13 bits per heavy atom. The maximum Gasteiger partial charge on any atom is 0.192 e. The third-order valence-corrected chi connectivity index (χ3v) is 19.0. The van der Waals surface area contributed by atoms with E-state index in [-0.39, 0.29) is 22.7 Å². The van der Waals surface area contributed by atoms with Crippen molar-refractivity contribution in [2.45, 2.75) is 140 Å². The highest BCUT2D eigenvalue weighted by atomic mass is 32.2. The van der Waals surface area contributed by atoms with Gasteiger partial charge in [0.25, 0.3) is 0 Å². The maximum atomic E-state index is 14.6. The fourth-order valence-electron chi connectivity index (χ4n) is 8.03. The minimum absolute atomic E-state index is 0.107. The van der Waals surface area contributed by atoms with Crippen LogP contribution in [-0.4, -0.2) is 48.1 Å². The van der Waals surface area contributed by atoms with Gasteiger partial charge in [-0.15, -0.1) is 6.58 Å². The fraction of sp³-hybridized carbons (Fsp3) is 0.737. The van der Waals surface area contributed by atoms with Crippen LogP contribution in [0.1, 0.15) is 106 Å². The molecule has 0 radical (unpaired) electrons. The van der Waals surface area contributed by atoms with Gasteiger partial charge in [-0.2, -0.15) is 0 Å². The number of fused-ring (bicyclic) bond motifs is 1. The number of hydrogen-bond donors (Lipinski definition) is 0. The van der Waals surface area contributed by atoms with Gasteiger partial charge in [0.05, 0.1) is 16.8 Å². The Balaban J connectivity index is 1.74. The molecule has 0 N–H and O–H groups in total. The molecule has 2 fully saturated rings. The summed E-state index contributed by atoms with van der Waals surface area (Å²) in [6.45, 7) is 24.6. The highest BCUT2D eigenvalue weighted by molar-refractivity contribution is 7.92. The molecule has 6 atom stereocenters. The fourth-order valence-corrected chi connectivity index (χ4v) is 11.3. The molecule has 0 spiro atoms. The molecule has 4 rings (SSSR count). The van der Waals surface area contributed by atoms with Crippen LogP contribution in [0.4, 0.5) is 0 Å². The van der Waals surface area contributed by atoms with Gasteiger partial charge in [0, 0.05) is 24.0 Å². The predicted molar refractivity (Wildman–Crippen MR) is 189 cm³/mol. The average molecular weight is 659 g/mol. The number of allylic oxidation sites excluding steroid dienone is 3. The third kappa shape index (κ3) is 7.91. The minimum Gasteiger partial charge on any atom is -0.416 e. The lowest BCUT2D eigenvalue weighted by atomic mass is 9.50. The Morgan fingerprint density at radius 3 is 2.47 bits per heavy atom. The lowest BCUT2D eigenvalue weighted by Crippen LogP contribution is -2.54. The Hall–Kier alpha value is -1.25. The second kappa shape index (κ2) is 14.5. The van der Waals surface area contributed by atoms with Gasteiger partial charge in [0.15, 0.2) is 24.4 Å². The van der Waals surface area contributed by atoms with Crippen LogP contribution in [0.5, 0.6) is 0 Å². The van der Waals surface area contributed by atoms with E-state index in [1.54, 1.807) is 12.1 Å². The second-order valence-electron chi connectivity index (χ2n) is 16.2. The number of rotatable bonds is 13. The summed E-state index contributed by atoms with van der Waals surface area (Å²) in [5.41, 5.74) is 1.78. The highest BCUT2D eigenvalue weighted by Crippen LogP contribution is 2.61. The van der Waals surface area contributed by atoms with Crippen LogP contribution in [-0.2, 0) is 23.7 Å². The van der Waals surface area contributed by atoms with Crippen LogP contribution in [0, 0.1) is 22.7 Å². The summed E-state index contributed by atoms with van der Waals surface area (Å²) < 4.78 is 48.6. The first kappa shape index (κ1) is 36.6. The Labute approximate surface area is 276 Å². The zero-order valence-corrected chi connectivity index (χ0v) is 31.4. The number of hydrogen-bond acceptors (Lipinski definition) is 5. The summed E-state index contributed by atoms with van der Waals surface area (Å²) >= 11 is 0. The van der Waals surface area contributed by atoms with Crippen LogP contribution in [0.2, 0.25) is 18.1 Å². The average Bonchev–Trinajstić information content (AvgIpc) is 2.98. The highest BCUT2D eigenvalue weighted by Gasteiger charge is 2.56. The first-order chi connectivity index (χ1) is 21.0. The van der Waals surface area contributed by atoms with Crippen molar-refractivity contribution in [2.75, 3.05) is 19.8 Å². The molecule has 7 heteroatoms. The van der Waals surface area contributed by atoms with E-state index >= 15 is 0 Å². The quantitative estimate of drug-likeness (QED) is 0.156. The standard InChI is InChI=1S/C38H62O5SSi/c1-29(2)20-23-34(44(39,40)31-16-11-10-12-17-31)37(7)24-15-18-33-32(37)22-21-30(3)38(33,28-43-45(8,9)36(4,5)6)25-27-42-35-19-13-14-26-41-35/h10-12,16-17,22,30,33-35H,1,13-15,18-21,23-28H2,2-9H3/t30-,33-,34?,35?,37-,38+/m1/s1. The maximum absolute atomic E-state index is 14.6. The number of sulfone groups is 1. The van der Waals surface area contributed by atoms with Crippen LogP contribution in [0.15, 0.2) is 59.0 Å². The third-order valence-electron chi connectivity index (χ3n) is 12.1. The van der Waals surface area contributed by atoms with Gasteiger partial charge in [-0.3, -0.25) is 0 Å². The summed E-state index contributed by atoms with van der Waals surface area (Å²) in [4.78, 5) is 0.429. The Morgan fingerprint density at radius 2 is 1.84 bits per heavy atom. The molecule has 1 aromatic rings. The second-order valence-corrected chi connectivity index (χ2v) is 23.1. The molecule has 0 bridgehead atoms. The van der Waals surface area contributed by atoms with E-state index in [0.717, 1.165) is 63.5 Å². The van der Waals surface area contributed by atoms with Gasteiger partial charge >= 0.3 is 0 Å². The van der Waals surface area contributed by atoms with Crippen molar-refractivity contribution in [1.82, 2.24) is 0 Å². The first-order valence-electron chi connectivity index (χ1n) is 17.6. The van der Waals surface area contributed by atoms with E-state index in [1.165, 1.54) is 5.57 Å². The summed E-state index contributed by atoms with van der Waals surface area (Å²) in [7, 11) is -5.63. The monoisotopic (exact) mass is 658 g/mol. The summed E-state index contributed by atoms with van der Waals surface area (Å²) in [5.74, 6) is 0.646. The molecule has 0 amide bonds. The molecule has 3 aliphatic rings. The molecule has 2 unspecified atom stereocenters. The lowest BCUT2D eigenvalue weighted by molar-refractivity contribution is -0.171. The van der Waals surface area contributed by atoms with E-state index in [9.17, 15) is 8.42 Å². The van der Waals surface area contributed by atoms with Crippen molar-refractivity contribution >= 4 is 18.2 Å². The number of benzene rings is 1. The SMILES string of the molecule is C=C(C)CCC([C@]1(C)CCC[C@@H]2C1=CC[C@@H](C)[C@]2(CCOC1CCCCO1)CO[Si](C)(C)C(C)(C)C)S(=O)(=O)c1ccccc1. The normalized spacial score (nSPS) is 30.3. The molecule has 0 aromatic heterocycles. The molecule has 2 aliphatic carbocycles. The van der Waals surface area contributed by atoms with Crippen LogP contribution < -0.4 is 0 Å². The molecule has 1 aromatic carbocycles. The van der Waals surface area contributed by atoms with Gasteiger partial charge in [-0.1, -0.05) is 76.5 Å². The largest absolute Gasteiger partial charge is 0.416 e. The van der Waals surface area contributed by atoms with Gasteiger partial charge in [0.1, 0.15) is 0 Å². The van der Waals surface area contributed by atoms with Crippen molar-refractivity contribution < 1.29 is 22.3 Å². The summed E-state index contributed by atoms with van der Waals surface area (Å²) in [6, 6.07) is 9.12. The molecular formula is C38H62O5SSi. The Bertz CT molecular complexity index is 1280. The van der Waals surface area contributed by atoms with E-state index < -0.39 is 28.8 Å². The molecule has 1 saturated carbocycles. The van der Waals surface area contributed by atoms with Crippen LogP contribution in [0.3, 0.4) is 0 Å². The van der Waals surface area contributed by atoms with Gasteiger partial charge in [0.2, 0.25) is 0 Å². The van der Waals surface area contributed by atoms with E-state index in [4.69, 9.17) is 13.9 Å². The van der Waals surface area contributed by atoms with Crippen molar-refractivity contribution in [3.8, 4) is 0 Å². The lowest BCUT2D eigenvalue weighted by Gasteiger charge is -2.57. The summed E-state index contributed by atoms with van der Waals surface area (Å²) in [6.07, 6.45) is 11.6. The van der Waals surface area contributed by atoms with Crippen LogP contribution >= 0.6 is 0 Å². The predicted octanol–water partition coefficient (Wildman–Crippen LogP) is 9.90. The molecular weight excluding hydrogens is 597 g/mol. The smallest absolute Gasteiger partial charge is 0.192 e.